The maximum atomic E-state index is 12.5. The summed E-state index contributed by atoms with van der Waals surface area (Å²) < 4.78 is 10.7. The van der Waals surface area contributed by atoms with Crippen LogP contribution in [0.2, 0.25) is 0 Å². The Morgan fingerprint density at radius 1 is 1.07 bits per heavy atom. The third-order valence-electron chi connectivity index (χ3n) is 4.24. The van der Waals surface area contributed by atoms with Gasteiger partial charge in [0.2, 0.25) is 12.0 Å². The zero-order valence-electron chi connectivity index (χ0n) is 18.5. The molecule has 0 aliphatic heterocycles. The molecule has 0 saturated heterocycles. The fourth-order valence-corrected chi connectivity index (χ4v) is 2.63. The van der Waals surface area contributed by atoms with Crippen LogP contribution >= 0.6 is 0 Å². The molecule has 0 fully saturated rings. The number of amides is 2. The first-order chi connectivity index (χ1) is 13.4. The third kappa shape index (κ3) is 8.54. The first-order valence-electron chi connectivity index (χ1n) is 9.80. The molecule has 29 heavy (non-hydrogen) atoms. The van der Waals surface area contributed by atoms with Crippen LogP contribution in [0, 0.1) is 11.3 Å². The molecule has 1 aromatic carbocycles. The van der Waals surface area contributed by atoms with Crippen molar-refractivity contribution in [2.75, 3.05) is 14.1 Å². The number of benzene rings is 1. The van der Waals surface area contributed by atoms with Crippen LogP contribution in [0.15, 0.2) is 30.3 Å². The van der Waals surface area contributed by atoms with Crippen LogP contribution in [0.3, 0.4) is 0 Å². The highest BCUT2D eigenvalue weighted by atomic mass is 16.6. The monoisotopic (exact) mass is 406 g/mol. The number of ether oxygens (including phenoxy) is 2. The van der Waals surface area contributed by atoms with E-state index < -0.39 is 29.6 Å². The minimum absolute atomic E-state index is 0.100. The first kappa shape index (κ1) is 24.5. The zero-order chi connectivity index (χ0) is 22.2. The number of nitrogens with one attached hydrogen (secondary N) is 1. The fourth-order valence-electron chi connectivity index (χ4n) is 2.63. The van der Waals surface area contributed by atoms with E-state index in [2.05, 4.69) is 5.32 Å². The van der Waals surface area contributed by atoms with Crippen molar-refractivity contribution in [3.8, 4) is 0 Å². The summed E-state index contributed by atoms with van der Waals surface area (Å²) in [6, 6.07) is 8.49. The molecule has 1 rings (SSSR count). The SMILES string of the molecule is CC(C)C[C@H](OC(=O)N[C@H](C(=O)N(C)C)C(C)(C)C)C(=O)OCc1ccccc1. The predicted molar refractivity (Wildman–Crippen MR) is 111 cm³/mol. The van der Waals surface area contributed by atoms with Crippen molar-refractivity contribution in [1.29, 1.82) is 0 Å². The summed E-state index contributed by atoms with van der Waals surface area (Å²) in [5, 5.41) is 2.61. The number of carbonyl (C=O) groups excluding carboxylic acids is 3. The van der Waals surface area contributed by atoms with Crippen LogP contribution in [-0.2, 0) is 25.7 Å². The summed E-state index contributed by atoms with van der Waals surface area (Å²) in [4.78, 5) is 38.9. The molecule has 0 spiro atoms. The van der Waals surface area contributed by atoms with Crippen molar-refractivity contribution in [1.82, 2.24) is 10.2 Å². The summed E-state index contributed by atoms with van der Waals surface area (Å²) in [6.45, 7) is 9.48. The summed E-state index contributed by atoms with van der Waals surface area (Å²) in [5.41, 5.74) is 0.319. The van der Waals surface area contributed by atoms with Gasteiger partial charge in [-0.15, -0.1) is 0 Å². The van der Waals surface area contributed by atoms with Crippen molar-refractivity contribution in [2.24, 2.45) is 11.3 Å². The second-order valence-corrected chi connectivity index (χ2v) is 8.79. The molecule has 7 nitrogen and oxygen atoms in total. The molecule has 2 amide bonds. The first-order valence-corrected chi connectivity index (χ1v) is 9.80. The van der Waals surface area contributed by atoms with Crippen LogP contribution in [0.1, 0.15) is 46.6 Å². The van der Waals surface area contributed by atoms with E-state index in [0.717, 1.165) is 5.56 Å². The molecule has 7 heteroatoms. The Morgan fingerprint density at radius 3 is 2.14 bits per heavy atom. The van der Waals surface area contributed by atoms with E-state index in [9.17, 15) is 14.4 Å². The normalized spacial score (nSPS) is 13.4. The maximum absolute atomic E-state index is 12.5. The predicted octanol–water partition coefficient (Wildman–Crippen LogP) is 3.37. The zero-order valence-corrected chi connectivity index (χ0v) is 18.5. The standard InChI is InChI=1S/C22H34N2O5/c1-15(2)13-17(20(26)28-14-16-11-9-8-10-12-16)29-21(27)23-18(22(3,4)5)19(25)24(6)7/h8-12,15,17-18H,13-14H2,1-7H3,(H,23,27)/t17-,18+/m0/s1. The Labute approximate surface area is 173 Å². The Bertz CT molecular complexity index is 680. The molecular weight excluding hydrogens is 372 g/mol. The van der Waals surface area contributed by atoms with Gasteiger partial charge in [-0.2, -0.15) is 0 Å². The lowest BCUT2D eigenvalue weighted by Gasteiger charge is -2.32. The van der Waals surface area contributed by atoms with E-state index in [4.69, 9.17) is 9.47 Å². The van der Waals surface area contributed by atoms with Crippen molar-refractivity contribution in [3.63, 3.8) is 0 Å². The highest BCUT2D eigenvalue weighted by molar-refractivity contribution is 5.87. The van der Waals surface area contributed by atoms with Gasteiger partial charge in [-0.25, -0.2) is 9.59 Å². The van der Waals surface area contributed by atoms with Crippen molar-refractivity contribution in [2.45, 2.75) is 59.8 Å². The number of hydrogen-bond donors (Lipinski definition) is 1. The molecule has 1 aromatic rings. The van der Waals surface area contributed by atoms with Crippen molar-refractivity contribution in [3.05, 3.63) is 35.9 Å². The lowest BCUT2D eigenvalue weighted by atomic mass is 9.86. The van der Waals surface area contributed by atoms with Crippen molar-refractivity contribution < 1.29 is 23.9 Å². The minimum atomic E-state index is -1.05. The topological polar surface area (TPSA) is 84.9 Å². The molecular formula is C22H34N2O5. The number of hydrogen-bond acceptors (Lipinski definition) is 5. The smallest absolute Gasteiger partial charge is 0.408 e. The fraction of sp³-hybridized carbons (Fsp3) is 0.591. The van der Waals surface area contributed by atoms with Gasteiger partial charge in [-0.3, -0.25) is 4.79 Å². The average Bonchev–Trinajstić information content (AvgIpc) is 2.62. The molecule has 162 valence electrons. The number of carbonyl (C=O) groups is 3. The Morgan fingerprint density at radius 2 is 1.66 bits per heavy atom. The van der Waals surface area contributed by atoms with Crippen molar-refractivity contribution >= 4 is 18.0 Å². The van der Waals surface area contributed by atoms with Crippen LogP contribution in [0.5, 0.6) is 0 Å². The van der Waals surface area contributed by atoms with Gasteiger partial charge in [0, 0.05) is 14.1 Å². The number of rotatable bonds is 8. The van der Waals surface area contributed by atoms with Gasteiger partial charge in [-0.1, -0.05) is 65.0 Å². The van der Waals surface area contributed by atoms with Gasteiger partial charge in [-0.05, 0) is 23.3 Å². The molecule has 0 saturated carbocycles. The Balaban J connectivity index is 2.80. The summed E-state index contributed by atoms with van der Waals surface area (Å²) in [7, 11) is 3.24. The molecule has 0 aromatic heterocycles. The highest BCUT2D eigenvalue weighted by Gasteiger charge is 2.35. The lowest BCUT2D eigenvalue weighted by Crippen LogP contribution is -2.54. The van der Waals surface area contributed by atoms with Gasteiger partial charge in [0.05, 0.1) is 0 Å². The molecule has 0 bridgehead atoms. The molecule has 2 atom stereocenters. The molecule has 0 radical (unpaired) electrons. The molecule has 0 unspecified atom stereocenters. The molecule has 1 N–H and O–H groups in total. The van der Waals surface area contributed by atoms with Gasteiger partial charge >= 0.3 is 12.1 Å². The Hall–Kier alpha value is -2.57. The lowest BCUT2D eigenvalue weighted by molar-refractivity contribution is -0.156. The molecule has 0 aliphatic rings. The maximum Gasteiger partial charge on any atom is 0.408 e. The summed E-state index contributed by atoms with van der Waals surface area (Å²) in [6.07, 6.45) is -1.54. The highest BCUT2D eigenvalue weighted by Crippen LogP contribution is 2.21. The van der Waals surface area contributed by atoms with E-state index >= 15 is 0 Å². The quantitative estimate of drug-likeness (QED) is 0.669. The third-order valence-corrected chi connectivity index (χ3v) is 4.24. The van der Waals surface area contributed by atoms with Gasteiger partial charge in [0.1, 0.15) is 12.6 Å². The van der Waals surface area contributed by atoms with Crippen LogP contribution in [0.4, 0.5) is 4.79 Å². The number of esters is 1. The number of likely N-dealkylation sites (N-methyl/N-ethyl adjacent to an activating group) is 1. The van der Waals surface area contributed by atoms with Gasteiger partial charge in [0.25, 0.3) is 0 Å². The van der Waals surface area contributed by atoms with Crippen LogP contribution < -0.4 is 5.32 Å². The second-order valence-electron chi connectivity index (χ2n) is 8.79. The van der Waals surface area contributed by atoms with E-state index in [0.29, 0.717) is 6.42 Å². The minimum Gasteiger partial charge on any atom is -0.458 e. The molecule has 0 heterocycles. The van der Waals surface area contributed by atoms with E-state index in [1.807, 2.05) is 65.0 Å². The van der Waals surface area contributed by atoms with Crippen LogP contribution in [0.25, 0.3) is 0 Å². The van der Waals surface area contributed by atoms with Gasteiger partial charge in [0.15, 0.2) is 0 Å². The summed E-state index contributed by atoms with van der Waals surface area (Å²) in [5.74, 6) is -0.746. The summed E-state index contributed by atoms with van der Waals surface area (Å²) >= 11 is 0. The van der Waals surface area contributed by atoms with E-state index in [-0.39, 0.29) is 18.4 Å². The van der Waals surface area contributed by atoms with E-state index in [1.54, 1.807) is 14.1 Å². The van der Waals surface area contributed by atoms with Crippen LogP contribution in [-0.4, -0.2) is 49.1 Å². The average molecular weight is 407 g/mol. The van der Waals surface area contributed by atoms with Gasteiger partial charge < -0.3 is 19.7 Å². The van der Waals surface area contributed by atoms with E-state index in [1.165, 1.54) is 4.90 Å². The Kier molecular flexibility index (Phi) is 9.14. The largest absolute Gasteiger partial charge is 0.458 e. The number of alkyl carbamates (subject to hydrolysis) is 1. The number of nitrogens with zero attached hydrogens (tertiary/aromatic N) is 1. The second kappa shape index (κ2) is 10.8. The molecule has 0 aliphatic carbocycles.